The number of benzene rings is 1. The summed E-state index contributed by atoms with van der Waals surface area (Å²) in [6.07, 6.45) is 1.35. The maximum Gasteiger partial charge on any atom is 0.354 e. The second-order valence-corrected chi connectivity index (χ2v) is 3.94. The van der Waals surface area contributed by atoms with Gasteiger partial charge in [0, 0.05) is 30.3 Å². The molecule has 19 heavy (non-hydrogen) atoms. The lowest BCUT2D eigenvalue weighted by Gasteiger charge is -2.03. The van der Waals surface area contributed by atoms with E-state index in [9.17, 15) is 18.0 Å². The number of aromatic amines is 1. The van der Waals surface area contributed by atoms with Gasteiger partial charge < -0.3 is 9.72 Å². The normalized spacial score (nSPS) is 10.5. The topological polar surface area (TPSA) is 42.1 Å². The average Bonchev–Trinajstić information content (AvgIpc) is 2.81. The fourth-order valence-corrected chi connectivity index (χ4v) is 1.71. The van der Waals surface area contributed by atoms with Gasteiger partial charge in [0.2, 0.25) is 0 Å². The highest BCUT2D eigenvalue weighted by Gasteiger charge is 2.14. The maximum absolute atomic E-state index is 13.4. The van der Waals surface area contributed by atoms with Crippen molar-refractivity contribution < 1.29 is 22.7 Å². The van der Waals surface area contributed by atoms with Gasteiger partial charge in [0.25, 0.3) is 0 Å². The fourth-order valence-electron chi connectivity index (χ4n) is 1.71. The van der Waals surface area contributed by atoms with Crippen LogP contribution in [-0.2, 0) is 11.2 Å². The van der Waals surface area contributed by atoms with Crippen LogP contribution in [0.25, 0.3) is 0 Å². The monoisotopic (exact) mass is 269 g/mol. The van der Waals surface area contributed by atoms with Crippen LogP contribution in [0.3, 0.4) is 0 Å². The van der Waals surface area contributed by atoms with E-state index in [1.54, 1.807) is 0 Å². The first-order valence-corrected chi connectivity index (χ1v) is 5.40. The maximum atomic E-state index is 13.4. The van der Waals surface area contributed by atoms with Crippen LogP contribution in [0.4, 0.5) is 13.2 Å². The number of hydrogen-bond donors (Lipinski definition) is 1. The lowest BCUT2D eigenvalue weighted by atomic mass is 10.1. The van der Waals surface area contributed by atoms with Gasteiger partial charge in [-0.3, -0.25) is 0 Å². The summed E-state index contributed by atoms with van der Waals surface area (Å²) in [5, 5.41) is 0. The van der Waals surface area contributed by atoms with Gasteiger partial charge in [-0.05, 0) is 11.6 Å². The summed E-state index contributed by atoms with van der Waals surface area (Å²) in [5.74, 6) is -3.47. The molecule has 1 N–H and O–H groups in total. The van der Waals surface area contributed by atoms with Gasteiger partial charge in [-0.25, -0.2) is 18.0 Å². The predicted octanol–water partition coefficient (Wildman–Crippen LogP) is 2.81. The number of aromatic nitrogens is 1. The number of halogens is 3. The number of nitrogens with one attached hydrogen (secondary N) is 1. The van der Waals surface area contributed by atoms with Gasteiger partial charge >= 0.3 is 5.97 Å². The van der Waals surface area contributed by atoms with E-state index in [-0.39, 0.29) is 17.7 Å². The van der Waals surface area contributed by atoms with E-state index in [2.05, 4.69) is 9.72 Å². The Labute approximate surface area is 107 Å². The zero-order chi connectivity index (χ0) is 14.0. The Hall–Kier alpha value is -2.24. The number of esters is 1. The molecule has 1 aromatic carbocycles. The van der Waals surface area contributed by atoms with E-state index >= 15 is 0 Å². The third-order valence-electron chi connectivity index (χ3n) is 2.63. The quantitative estimate of drug-likeness (QED) is 0.870. The molecule has 3 nitrogen and oxygen atoms in total. The van der Waals surface area contributed by atoms with Crippen molar-refractivity contribution in [3.63, 3.8) is 0 Å². The first-order valence-electron chi connectivity index (χ1n) is 5.40. The summed E-state index contributed by atoms with van der Waals surface area (Å²) in [7, 11) is 1.22. The molecule has 6 heteroatoms. The lowest BCUT2D eigenvalue weighted by molar-refractivity contribution is 0.0595. The van der Waals surface area contributed by atoms with Crippen molar-refractivity contribution in [1.82, 2.24) is 4.98 Å². The summed E-state index contributed by atoms with van der Waals surface area (Å²) in [5.41, 5.74) is 0.419. The molecule has 0 saturated carbocycles. The zero-order valence-electron chi connectivity index (χ0n) is 9.97. The highest BCUT2D eigenvalue weighted by atomic mass is 19.1. The fraction of sp³-hybridized carbons (Fsp3) is 0.154. The summed E-state index contributed by atoms with van der Waals surface area (Å²) < 4.78 is 44.1. The second kappa shape index (κ2) is 5.17. The van der Waals surface area contributed by atoms with E-state index in [1.807, 2.05) is 0 Å². The highest BCUT2D eigenvalue weighted by molar-refractivity contribution is 5.87. The van der Waals surface area contributed by atoms with E-state index in [0.29, 0.717) is 17.7 Å². The van der Waals surface area contributed by atoms with E-state index < -0.39 is 23.4 Å². The summed E-state index contributed by atoms with van der Waals surface area (Å²) in [4.78, 5) is 13.8. The molecule has 0 atom stereocenters. The summed E-state index contributed by atoms with van der Waals surface area (Å²) in [6.45, 7) is 0. The number of carbonyl (C=O) groups is 1. The molecular formula is C13H10F3NO2. The van der Waals surface area contributed by atoms with Crippen LogP contribution in [0, 0.1) is 17.5 Å². The Morgan fingerprint density at radius 3 is 2.42 bits per heavy atom. The van der Waals surface area contributed by atoms with Crippen molar-refractivity contribution in [3.05, 3.63) is 58.7 Å². The number of carbonyl (C=O) groups excluding carboxylic acids is 1. The minimum absolute atomic E-state index is 0.0918. The van der Waals surface area contributed by atoms with Gasteiger partial charge in [-0.1, -0.05) is 0 Å². The smallest absolute Gasteiger partial charge is 0.354 e. The molecule has 0 saturated heterocycles. The van der Waals surface area contributed by atoms with Crippen LogP contribution < -0.4 is 0 Å². The molecular weight excluding hydrogens is 259 g/mol. The Kier molecular flexibility index (Phi) is 3.59. The first-order chi connectivity index (χ1) is 9.01. The van der Waals surface area contributed by atoms with Crippen LogP contribution in [0.1, 0.15) is 21.6 Å². The molecule has 0 aliphatic rings. The zero-order valence-corrected chi connectivity index (χ0v) is 9.97. The van der Waals surface area contributed by atoms with E-state index in [4.69, 9.17) is 0 Å². The standard InChI is InChI=1S/C13H10F3NO2/c1-19-13(18)12-3-7(6-17-12)2-9-10(15)4-8(14)5-11(9)16/h3-6,17H,2H2,1H3. The molecule has 1 aromatic heterocycles. The third-order valence-corrected chi connectivity index (χ3v) is 2.63. The van der Waals surface area contributed by atoms with Crippen LogP contribution in [0.15, 0.2) is 24.4 Å². The molecule has 0 aliphatic heterocycles. The minimum Gasteiger partial charge on any atom is -0.464 e. The average molecular weight is 269 g/mol. The van der Waals surface area contributed by atoms with Crippen molar-refractivity contribution in [2.24, 2.45) is 0 Å². The molecule has 2 aromatic rings. The third kappa shape index (κ3) is 2.78. The van der Waals surface area contributed by atoms with Crippen LogP contribution >= 0.6 is 0 Å². The van der Waals surface area contributed by atoms with Crippen molar-refractivity contribution >= 4 is 5.97 Å². The van der Waals surface area contributed by atoms with Gasteiger partial charge in [0.15, 0.2) is 0 Å². The number of methoxy groups -OCH3 is 1. The minimum atomic E-state index is -0.969. The van der Waals surface area contributed by atoms with Crippen LogP contribution in [0.5, 0.6) is 0 Å². The molecule has 0 bridgehead atoms. The van der Waals surface area contributed by atoms with Crippen molar-refractivity contribution in [1.29, 1.82) is 0 Å². The summed E-state index contributed by atoms with van der Waals surface area (Å²) in [6, 6.07) is 2.66. The Morgan fingerprint density at radius 1 is 1.21 bits per heavy atom. The second-order valence-electron chi connectivity index (χ2n) is 3.94. The van der Waals surface area contributed by atoms with Gasteiger partial charge in [-0.15, -0.1) is 0 Å². The number of rotatable bonds is 3. The van der Waals surface area contributed by atoms with E-state index in [0.717, 1.165) is 0 Å². The molecule has 2 rings (SSSR count). The molecule has 1 heterocycles. The van der Waals surface area contributed by atoms with Gasteiger partial charge in [0.05, 0.1) is 7.11 Å². The number of ether oxygens (including phenoxy) is 1. The Bertz CT molecular complexity index is 599. The molecule has 0 aliphatic carbocycles. The number of hydrogen-bond acceptors (Lipinski definition) is 2. The van der Waals surface area contributed by atoms with Crippen LogP contribution in [0.2, 0.25) is 0 Å². The van der Waals surface area contributed by atoms with Crippen molar-refractivity contribution in [2.75, 3.05) is 7.11 Å². The lowest BCUT2D eigenvalue weighted by Crippen LogP contribution is -2.01. The summed E-state index contributed by atoms with van der Waals surface area (Å²) >= 11 is 0. The first kappa shape index (κ1) is 13.2. The largest absolute Gasteiger partial charge is 0.464 e. The Morgan fingerprint density at radius 2 is 1.84 bits per heavy atom. The molecule has 100 valence electrons. The van der Waals surface area contributed by atoms with Crippen molar-refractivity contribution in [3.8, 4) is 0 Å². The predicted molar refractivity (Wildman–Crippen MR) is 61.3 cm³/mol. The van der Waals surface area contributed by atoms with E-state index in [1.165, 1.54) is 19.4 Å². The Balaban J connectivity index is 2.27. The highest BCUT2D eigenvalue weighted by Crippen LogP contribution is 2.19. The SMILES string of the molecule is COC(=O)c1cc(Cc2c(F)cc(F)cc2F)c[nH]1. The number of H-pyrrole nitrogens is 1. The molecule has 0 fully saturated rings. The van der Waals surface area contributed by atoms with Gasteiger partial charge in [-0.2, -0.15) is 0 Å². The molecule has 0 spiro atoms. The molecule has 0 amide bonds. The van der Waals surface area contributed by atoms with Crippen LogP contribution in [-0.4, -0.2) is 18.1 Å². The van der Waals surface area contributed by atoms with Crippen molar-refractivity contribution in [2.45, 2.75) is 6.42 Å². The van der Waals surface area contributed by atoms with Gasteiger partial charge in [0.1, 0.15) is 23.1 Å². The molecule has 0 unspecified atom stereocenters. The molecule has 0 radical (unpaired) electrons.